The van der Waals surface area contributed by atoms with Crippen molar-refractivity contribution >= 4 is 12.1 Å². The van der Waals surface area contributed by atoms with E-state index in [1.807, 2.05) is 0 Å². The summed E-state index contributed by atoms with van der Waals surface area (Å²) >= 11 is 0. The van der Waals surface area contributed by atoms with Crippen molar-refractivity contribution in [3.05, 3.63) is 0 Å². The SMILES string of the molecule is CC(C)(C)C(=O)OC1CNN(C(=O)O)C1. The minimum absolute atomic E-state index is 0.178. The number of hydrogen-bond donors (Lipinski definition) is 2. The Morgan fingerprint density at radius 1 is 1.47 bits per heavy atom. The number of esters is 1. The van der Waals surface area contributed by atoms with Gasteiger partial charge in [-0.3, -0.25) is 4.79 Å². The number of ether oxygens (including phenoxy) is 1. The van der Waals surface area contributed by atoms with Crippen LogP contribution in [0, 0.1) is 5.41 Å². The normalized spacial score (nSPS) is 21.5. The molecule has 6 nitrogen and oxygen atoms in total. The van der Waals surface area contributed by atoms with Crippen LogP contribution in [0.2, 0.25) is 0 Å². The van der Waals surface area contributed by atoms with Gasteiger partial charge in [0, 0.05) is 0 Å². The molecule has 1 amide bonds. The summed E-state index contributed by atoms with van der Waals surface area (Å²) in [4.78, 5) is 22.0. The molecule has 1 unspecified atom stereocenters. The molecule has 0 bridgehead atoms. The third kappa shape index (κ3) is 3.09. The van der Waals surface area contributed by atoms with E-state index in [-0.39, 0.29) is 12.5 Å². The van der Waals surface area contributed by atoms with Crippen molar-refractivity contribution in [2.24, 2.45) is 5.41 Å². The molecule has 6 heteroatoms. The van der Waals surface area contributed by atoms with Gasteiger partial charge in [-0.2, -0.15) is 0 Å². The molecule has 0 aromatic heterocycles. The summed E-state index contributed by atoms with van der Waals surface area (Å²) in [6.07, 6.45) is -1.46. The number of nitrogens with one attached hydrogen (secondary N) is 1. The number of hydrazine groups is 1. The zero-order chi connectivity index (χ0) is 11.6. The highest BCUT2D eigenvalue weighted by Gasteiger charge is 2.32. The number of nitrogens with zero attached hydrogens (tertiary/aromatic N) is 1. The fourth-order valence-electron chi connectivity index (χ4n) is 1.10. The molecule has 86 valence electrons. The molecule has 1 aliphatic heterocycles. The Morgan fingerprint density at radius 3 is 2.47 bits per heavy atom. The highest BCUT2D eigenvalue weighted by Crippen LogP contribution is 2.17. The monoisotopic (exact) mass is 216 g/mol. The maximum atomic E-state index is 11.5. The summed E-state index contributed by atoms with van der Waals surface area (Å²) in [5.74, 6) is -0.318. The van der Waals surface area contributed by atoms with Crippen molar-refractivity contribution in [1.29, 1.82) is 0 Å². The number of carbonyl (C=O) groups is 2. The zero-order valence-electron chi connectivity index (χ0n) is 9.11. The summed E-state index contributed by atoms with van der Waals surface area (Å²) in [6, 6.07) is 0. The van der Waals surface area contributed by atoms with Crippen LogP contribution in [0.5, 0.6) is 0 Å². The Bertz CT molecular complexity index is 272. The van der Waals surface area contributed by atoms with Gasteiger partial charge >= 0.3 is 12.1 Å². The fraction of sp³-hybridized carbons (Fsp3) is 0.778. The van der Waals surface area contributed by atoms with E-state index in [1.165, 1.54) is 0 Å². The highest BCUT2D eigenvalue weighted by molar-refractivity contribution is 5.75. The zero-order valence-corrected chi connectivity index (χ0v) is 9.11. The molecular weight excluding hydrogens is 200 g/mol. The van der Waals surface area contributed by atoms with Crippen LogP contribution in [-0.4, -0.2) is 41.4 Å². The van der Waals surface area contributed by atoms with Crippen LogP contribution >= 0.6 is 0 Å². The number of amides is 1. The molecule has 15 heavy (non-hydrogen) atoms. The molecular formula is C9H16N2O4. The second-order valence-corrected chi connectivity index (χ2v) is 4.53. The molecule has 1 fully saturated rings. The number of rotatable bonds is 1. The largest absolute Gasteiger partial charge is 0.464 e. The Hall–Kier alpha value is -1.30. The molecule has 0 aliphatic carbocycles. The predicted molar refractivity (Wildman–Crippen MR) is 52.1 cm³/mol. The Kier molecular flexibility index (Phi) is 3.18. The average Bonchev–Trinajstić information content (AvgIpc) is 2.50. The van der Waals surface area contributed by atoms with E-state index in [4.69, 9.17) is 9.84 Å². The van der Waals surface area contributed by atoms with Crippen LogP contribution in [0.3, 0.4) is 0 Å². The molecule has 1 rings (SSSR count). The maximum absolute atomic E-state index is 11.5. The van der Waals surface area contributed by atoms with Crippen LogP contribution in [-0.2, 0) is 9.53 Å². The van der Waals surface area contributed by atoms with E-state index < -0.39 is 17.6 Å². The van der Waals surface area contributed by atoms with E-state index in [0.717, 1.165) is 5.01 Å². The van der Waals surface area contributed by atoms with Gasteiger partial charge in [-0.1, -0.05) is 0 Å². The predicted octanol–water partition coefficient (Wildman–Crippen LogP) is 0.442. The quantitative estimate of drug-likeness (QED) is 0.622. The van der Waals surface area contributed by atoms with E-state index >= 15 is 0 Å². The third-order valence-electron chi connectivity index (χ3n) is 2.01. The molecule has 0 saturated carbocycles. The molecule has 0 radical (unpaired) electrons. The molecule has 0 spiro atoms. The standard InChI is InChI=1S/C9H16N2O4/c1-9(2,3)7(12)15-6-4-10-11(5-6)8(13)14/h6,10H,4-5H2,1-3H3,(H,13,14). The third-order valence-corrected chi connectivity index (χ3v) is 2.01. The summed E-state index contributed by atoms with van der Waals surface area (Å²) < 4.78 is 5.15. The molecule has 0 aromatic rings. The molecule has 1 heterocycles. The lowest BCUT2D eigenvalue weighted by atomic mass is 9.97. The van der Waals surface area contributed by atoms with E-state index in [2.05, 4.69) is 5.43 Å². The van der Waals surface area contributed by atoms with Crippen LogP contribution in [0.15, 0.2) is 0 Å². The lowest BCUT2D eigenvalue weighted by molar-refractivity contribution is -0.157. The first-order valence-electron chi connectivity index (χ1n) is 4.76. The first-order chi connectivity index (χ1) is 6.80. The number of carboxylic acid groups (broad SMARTS) is 1. The second kappa shape index (κ2) is 4.06. The van der Waals surface area contributed by atoms with Crippen molar-refractivity contribution in [2.45, 2.75) is 26.9 Å². The van der Waals surface area contributed by atoms with Gasteiger partial charge in [-0.25, -0.2) is 15.2 Å². The van der Waals surface area contributed by atoms with Gasteiger partial charge in [-0.15, -0.1) is 0 Å². The van der Waals surface area contributed by atoms with Crippen molar-refractivity contribution in [2.75, 3.05) is 13.1 Å². The van der Waals surface area contributed by atoms with Crippen LogP contribution in [0.4, 0.5) is 4.79 Å². The van der Waals surface area contributed by atoms with Crippen molar-refractivity contribution in [1.82, 2.24) is 10.4 Å². The number of hydrogen-bond acceptors (Lipinski definition) is 4. The highest BCUT2D eigenvalue weighted by atomic mass is 16.5. The van der Waals surface area contributed by atoms with Gasteiger partial charge in [0.05, 0.1) is 18.5 Å². The summed E-state index contributed by atoms with van der Waals surface area (Å²) in [5.41, 5.74) is 2.06. The molecule has 1 aliphatic rings. The van der Waals surface area contributed by atoms with Crippen molar-refractivity contribution < 1.29 is 19.4 Å². The van der Waals surface area contributed by atoms with Gasteiger partial charge in [0.25, 0.3) is 0 Å². The first-order valence-corrected chi connectivity index (χ1v) is 4.76. The second-order valence-electron chi connectivity index (χ2n) is 4.53. The lowest BCUT2D eigenvalue weighted by Crippen LogP contribution is -2.35. The Labute approximate surface area is 88.2 Å². The Morgan fingerprint density at radius 2 is 2.07 bits per heavy atom. The lowest BCUT2D eigenvalue weighted by Gasteiger charge is -2.19. The first kappa shape index (κ1) is 11.8. The minimum atomic E-state index is -1.07. The fourth-order valence-corrected chi connectivity index (χ4v) is 1.10. The average molecular weight is 216 g/mol. The van der Waals surface area contributed by atoms with Gasteiger partial charge in [0.1, 0.15) is 6.10 Å². The maximum Gasteiger partial charge on any atom is 0.421 e. The van der Waals surface area contributed by atoms with Gasteiger partial charge in [0.2, 0.25) is 0 Å². The molecule has 0 aromatic carbocycles. The number of carbonyl (C=O) groups excluding carboxylic acids is 1. The van der Waals surface area contributed by atoms with Crippen molar-refractivity contribution in [3.63, 3.8) is 0 Å². The summed E-state index contributed by atoms with van der Waals surface area (Å²) in [7, 11) is 0. The van der Waals surface area contributed by atoms with Crippen molar-refractivity contribution in [3.8, 4) is 0 Å². The molecule has 2 N–H and O–H groups in total. The van der Waals surface area contributed by atoms with E-state index in [9.17, 15) is 9.59 Å². The summed E-state index contributed by atoms with van der Waals surface area (Å²) in [5, 5.41) is 9.66. The minimum Gasteiger partial charge on any atom is -0.464 e. The Balaban J connectivity index is 2.43. The van der Waals surface area contributed by atoms with Crippen LogP contribution in [0.1, 0.15) is 20.8 Å². The van der Waals surface area contributed by atoms with Gasteiger partial charge in [0.15, 0.2) is 0 Å². The molecule has 1 saturated heterocycles. The molecule has 1 atom stereocenters. The van der Waals surface area contributed by atoms with Crippen LogP contribution in [0.25, 0.3) is 0 Å². The smallest absolute Gasteiger partial charge is 0.421 e. The topological polar surface area (TPSA) is 78.9 Å². The van der Waals surface area contributed by atoms with Gasteiger partial charge in [-0.05, 0) is 20.8 Å². The van der Waals surface area contributed by atoms with Gasteiger partial charge < -0.3 is 9.84 Å². The van der Waals surface area contributed by atoms with E-state index in [0.29, 0.717) is 6.54 Å². The van der Waals surface area contributed by atoms with Crippen LogP contribution < -0.4 is 5.43 Å². The summed E-state index contributed by atoms with van der Waals surface area (Å²) in [6.45, 7) is 5.79. The van der Waals surface area contributed by atoms with E-state index in [1.54, 1.807) is 20.8 Å².